The maximum atomic E-state index is 13.2. The summed E-state index contributed by atoms with van der Waals surface area (Å²) in [4.78, 5) is 11.7. The molecule has 10 heteroatoms. The second-order valence-corrected chi connectivity index (χ2v) is 7.49. The summed E-state index contributed by atoms with van der Waals surface area (Å²) in [5.41, 5.74) is 0.647. The Bertz CT molecular complexity index is 1080. The fourth-order valence-corrected chi connectivity index (χ4v) is 3.95. The number of anilines is 1. The minimum atomic E-state index is -4.13. The molecule has 142 valence electrons. The Kier molecular flexibility index (Phi) is 5.08. The number of halogens is 1. The molecule has 27 heavy (non-hydrogen) atoms. The normalized spacial score (nSPS) is 11.5. The van der Waals surface area contributed by atoms with Crippen LogP contribution >= 0.6 is 0 Å². The third-order valence-corrected chi connectivity index (χ3v) is 5.72. The average Bonchev–Trinajstić information content (AvgIpc) is 3.09. The maximum absolute atomic E-state index is 13.2. The van der Waals surface area contributed by atoms with Crippen molar-refractivity contribution in [3.63, 3.8) is 0 Å². The number of hydrogen-bond acceptors (Lipinski definition) is 6. The Balaban J connectivity index is 2.11. The Labute approximate surface area is 155 Å². The molecule has 3 rings (SSSR count). The molecular weight excluding hydrogens is 375 g/mol. The van der Waals surface area contributed by atoms with Crippen molar-refractivity contribution in [2.24, 2.45) is 0 Å². The van der Waals surface area contributed by atoms with Crippen molar-refractivity contribution in [3.8, 4) is 0 Å². The Morgan fingerprint density at radius 3 is 2.52 bits per heavy atom. The highest BCUT2D eigenvalue weighted by atomic mass is 32.2. The molecule has 0 aliphatic rings. The predicted molar refractivity (Wildman–Crippen MR) is 95.3 cm³/mol. The Morgan fingerprint density at radius 1 is 1.19 bits per heavy atom. The molecular formula is C17H17FN4O4S. The van der Waals surface area contributed by atoms with E-state index in [0.717, 1.165) is 23.5 Å². The number of benzene rings is 1. The molecule has 1 aromatic carbocycles. The van der Waals surface area contributed by atoms with Crippen LogP contribution in [0.25, 0.3) is 5.65 Å². The lowest BCUT2D eigenvalue weighted by Gasteiger charge is -2.23. The zero-order valence-corrected chi connectivity index (χ0v) is 15.5. The zero-order chi connectivity index (χ0) is 19.6. The van der Waals surface area contributed by atoms with Crippen molar-refractivity contribution >= 4 is 27.3 Å². The van der Waals surface area contributed by atoms with E-state index in [4.69, 9.17) is 0 Å². The van der Waals surface area contributed by atoms with E-state index in [0.29, 0.717) is 17.9 Å². The summed E-state index contributed by atoms with van der Waals surface area (Å²) in [6.45, 7) is 1.32. The molecule has 0 N–H and O–H groups in total. The predicted octanol–water partition coefficient (Wildman–Crippen LogP) is 1.80. The first-order valence-corrected chi connectivity index (χ1v) is 9.49. The number of carbonyl (C=O) groups excluding carboxylic acids is 1. The van der Waals surface area contributed by atoms with E-state index < -0.39 is 28.4 Å². The van der Waals surface area contributed by atoms with Crippen molar-refractivity contribution in [2.45, 2.75) is 18.2 Å². The number of sulfonamides is 1. The van der Waals surface area contributed by atoms with E-state index in [1.807, 2.05) is 6.92 Å². The van der Waals surface area contributed by atoms with Crippen LogP contribution in [-0.4, -0.2) is 42.6 Å². The molecule has 0 spiro atoms. The second kappa shape index (κ2) is 7.31. The maximum Gasteiger partial charge on any atom is 0.326 e. The zero-order valence-electron chi connectivity index (χ0n) is 14.7. The molecule has 0 atom stereocenters. The Hall–Kier alpha value is -3.01. The van der Waals surface area contributed by atoms with Crippen LogP contribution in [0.15, 0.2) is 47.5 Å². The van der Waals surface area contributed by atoms with Gasteiger partial charge in [-0.3, -0.25) is 13.5 Å². The molecule has 0 saturated heterocycles. The number of rotatable bonds is 6. The highest BCUT2D eigenvalue weighted by molar-refractivity contribution is 7.92. The van der Waals surface area contributed by atoms with Crippen LogP contribution in [0.2, 0.25) is 0 Å². The fourth-order valence-electron chi connectivity index (χ4n) is 2.54. The Morgan fingerprint density at radius 2 is 1.89 bits per heavy atom. The molecule has 2 heterocycles. The van der Waals surface area contributed by atoms with Crippen LogP contribution < -0.4 is 4.31 Å². The van der Waals surface area contributed by atoms with Crippen LogP contribution in [-0.2, 0) is 26.0 Å². The summed E-state index contributed by atoms with van der Waals surface area (Å²) >= 11 is 0. The van der Waals surface area contributed by atoms with Gasteiger partial charge in [0, 0.05) is 12.6 Å². The summed E-state index contributed by atoms with van der Waals surface area (Å²) < 4.78 is 46.7. The lowest BCUT2D eigenvalue weighted by molar-refractivity contribution is -0.138. The molecule has 0 unspecified atom stereocenters. The van der Waals surface area contributed by atoms with Gasteiger partial charge >= 0.3 is 5.97 Å². The van der Waals surface area contributed by atoms with Gasteiger partial charge < -0.3 is 4.74 Å². The molecule has 0 amide bonds. The van der Waals surface area contributed by atoms with E-state index in [9.17, 15) is 17.6 Å². The van der Waals surface area contributed by atoms with Crippen molar-refractivity contribution in [1.29, 1.82) is 0 Å². The standard InChI is InChI=1S/C17H17FN4O4S/c1-3-15-19-20-16-9-8-14(10-21(15)16)27(24,25)22(11-17(23)26-2)13-6-4-12(18)5-7-13/h4-10H,3,11H2,1-2H3. The number of aromatic nitrogens is 3. The number of methoxy groups -OCH3 is 1. The van der Waals surface area contributed by atoms with Crippen LogP contribution in [0.5, 0.6) is 0 Å². The molecule has 0 aliphatic heterocycles. The van der Waals surface area contributed by atoms with Gasteiger partial charge in [0.05, 0.1) is 12.8 Å². The van der Waals surface area contributed by atoms with Gasteiger partial charge in [-0.2, -0.15) is 0 Å². The summed E-state index contributed by atoms with van der Waals surface area (Å²) in [5, 5.41) is 7.98. The number of carbonyl (C=O) groups is 1. The summed E-state index contributed by atoms with van der Waals surface area (Å²) in [5.74, 6) is -0.668. The molecule has 8 nitrogen and oxygen atoms in total. The SMILES string of the molecule is CCc1nnc2ccc(S(=O)(=O)N(CC(=O)OC)c3ccc(F)cc3)cn12. The average molecular weight is 392 g/mol. The molecule has 0 radical (unpaired) electrons. The van der Waals surface area contributed by atoms with E-state index in [-0.39, 0.29) is 10.6 Å². The lowest BCUT2D eigenvalue weighted by Crippen LogP contribution is -2.36. The van der Waals surface area contributed by atoms with Crippen LogP contribution in [0.1, 0.15) is 12.7 Å². The molecule has 3 aromatic rings. The number of pyridine rings is 1. The van der Waals surface area contributed by atoms with Crippen molar-refractivity contribution in [3.05, 3.63) is 54.2 Å². The second-order valence-electron chi connectivity index (χ2n) is 5.63. The number of fused-ring (bicyclic) bond motifs is 1. The molecule has 0 bridgehead atoms. The highest BCUT2D eigenvalue weighted by Crippen LogP contribution is 2.24. The van der Waals surface area contributed by atoms with Gasteiger partial charge in [0.15, 0.2) is 5.65 Å². The van der Waals surface area contributed by atoms with Gasteiger partial charge in [0.25, 0.3) is 10.0 Å². The summed E-state index contributed by atoms with van der Waals surface area (Å²) in [6.07, 6.45) is 1.96. The molecule has 0 saturated carbocycles. The number of ether oxygens (including phenoxy) is 1. The smallest absolute Gasteiger partial charge is 0.326 e. The third-order valence-electron chi connectivity index (χ3n) is 3.97. The van der Waals surface area contributed by atoms with Crippen molar-refractivity contribution < 1.29 is 22.3 Å². The number of hydrogen-bond donors (Lipinski definition) is 0. The van der Waals surface area contributed by atoms with Gasteiger partial charge in [-0.05, 0) is 36.4 Å². The molecule has 0 aliphatic carbocycles. The van der Waals surface area contributed by atoms with Gasteiger partial charge in [0.2, 0.25) is 0 Å². The minimum Gasteiger partial charge on any atom is -0.468 e. The van der Waals surface area contributed by atoms with Gasteiger partial charge in [-0.25, -0.2) is 12.8 Å². The first-order valence-electron chi connectivity index (χ1n) is 8.05. The van der Waals surface area contributed by atoms with E-state index >= 15 is 0 Å². The van der Waals surface area contributed by atoms with Crippen LogP contribution in [0.3, 0.4) is 0 Å². The van der Waals surface area contributed by atoms with E-state index in [2.05, 4.69) is 14.9 Å². The van der Waals surface area contributed by atoms with E-state index in [1.54, 1.807) is 4.40 Å². The quantitative estimate of drug-likeness (QED) is 0.594. The first-order chi connectivity index (χ1) is 12.9. The van der Waals surface area contributed by atoms with E-state index in [1.165, 1.54) is 30.5 Å². The minimum absolute atomic E-state index is 0.0577. The monoisotopic (exact) mass is 392 g/mol. The first kappa shape index (κ1) is 18.8. The fraction of sp³-hybridized carbons (Fsp3) is 0.235. The van der Waals surface area contributed by atoms with Gasteiger partial charge in [-0.1, -0.05) is 6.92 Å². The van der Waals surface area contributed by atoms with Gasteiger partial charge in [-0.15, -0.1) is 10.2 Å². The number of esters is 1. The summed E-state index contributed by atoms with van der Waals surface area (Å²) in [7, 11) is -2.97. The van der Waals surface area contributed by atoms with Crippen molar-refractivity contribution in [2.75, 3.05) is 18.0 Å². The van der Waals surface area contributed by atoms with Crippen LogP contribution in [0, 0.1) is 5.82 Å². The van der Waals surface area contributed by atoms with Gasteiger partial charge in [0.1, 0.15) is 23.1 Å². The molecule has 0 fully saturated rings. The lowest BCUT2D eigenvalue weighted by atomic mass is 10.3. The molecule has 2 aromatic heterocycles. The topological polar surface area (TPSA) is 93.9 Å². The van der Waals surface area contributed by atoms with Crippen molar-refractivity contribution in [1.82, 2.24) is 14.6 Å². The largest absolute Gasteiger partial charge is 0.468 e. The highest BCUT2D eigenvalue weighted by Gasteiger charge is 2.28. The van der Waals surface area contributed by atoms with Crippen LogP contribution in [0.4, 0.5) is 10.1 Å². The summed E-state index contributed by atoms with van der Waals surface area (Å²) in [6, 6.07) is 7.71. The number of aryl methyl sites for hydroxylation is 1. The number of nitrogens with zero attached hydrogens (tertiary/aromatic N) is 4. The third kappa shape index (κ3) is 3.61.